The topological polar surface area (TPSA) is 30.5 Å². The first-order chi connectivity index (χ1) is 8.19. The number of hydrogen-bond acceptors (Lipinski definition) is 3. The summed E-state index contributed by atoms with van der Waals surface area (Å²) in [5, 5.41) is 3.30. The molecule has 0 fully saturated rings. The van der Waals surface area contributed by atoms with Crippen LogP contribution in [0.4, 0.5) is 0 Å². The van der Waals surface area contributed by atoms with Crippen LogP contribution in [0.3, 0.4) is 0 Å². The van der Waals surface area contributed by atoms with Crippen molar-refractivity contribution in [2.45, 2.75) is 13.8 Å². The Kier molecular flexibility index (Phi) is 6.37. The molecule has 0 saturated carbocycles. The molecule has 17 heavy (non-hydrogen) atoms. The lowest BCUT2D eigenvalue weighted by Gasteiger charge is -2.16. The van der Waals surface area contributed by atoms with Crippen molar-refractivity contribution in [1.29, 1.82) is 0 Å². The van der Waals surface area contributed by atoms with Gasteiger partial charge in [-0.1, -0.05) is 19.9 Å². The van der Waals surface area contributed by atoms with Crippen molar-refractivity contribution in [3.8, 4) is 11.5 Å². The van der Waals surface area contributed by atoms with Crippen LogP contribution in [-0.4, -0.2) is 26.8 Å². The standard InChI is InChI=1S/C13H20BrNO2/c1-4-15-8-10(2)9-17-13-11(14)6-5-7-12(13)16-3/h5-7,10,15H,4,8-9H2,1-3H3. The van der Waals surface area contributed by atoms with Crippen molar-refractivity contribution in [2.24, 2.45) is 5.92 Å². The predicted octanol–water partition coefficient (Wildman–Crippen LogP) is 3.08. The molecule has 0 saturated heterocycles. The number of nitrogens with one attached hydrogen (secondary N) is 1. The van der Waals surface area contributed by atoms with Gasteiger partial charge in [-0.2, -0.15) is 0 Å². The molecule has 3 nitrogen and oxygen atoms in total. The van der Waals surface area contributed by atoms with Crippen LogP contribution in [0, 0.1) is 5.92 Å². The van der Waals surface area contributed by atoms with Crippen LogP contribution in [0.1, 0.15) is 13.8 Å². The number of rotatable bonds is 7. The van der Waals surface area contributed by atoms with Crippen molar-refractivity contribution in [3.63, 3.8) is 0 Å². The maximum absolute atomic E-state index is 5.81. The molecule has 0 bridgehead atoms. The first kappa shape index (κ1) is 14.3. The molecule has 1 unspecified atom stereocenters. The molecule has 0 aliphatic heterocycles. The number of methoxy groups -OCH3 is 1. The SMILES string of the molecule is CCNCC(C)COc1c(Br)cccc1OC. The molecule has 0 radical (unpaired) electrons. The van der Waals surface area contributed by atoms with Crippen LogP contribution in [0.15, 0.2) is 22.7 Å². The Morgan fingerprint density at radius 1 is 1.41 bits per heavy atom. The van der Waals surface area contributed by atoms with Crippen LogP contribution in [0.25, 0.3) is 0 Å². The van der Waals surface area contributed by atoms with Crippen LogP contribution < -0.4 is 14.8 Å². The van der Waals surface area contributed by atoms with E-state index in [0.717, 1.165) is 29.1 Å². The molecule has 0 aliphatic rings. The number of ether oxygens (including phenoxy) is 2. The van der Waals surface area contributed by atoms with E-state index < -0.39 is 0 Å². The van der Waals surface area contributed by atoms with Crippen LogP contribution in [0.5, 0.6) is 11.5 Å². The lowest BCUT2D eigenvalue weighted by Crippen LogP contribution is -2.24. The zero-order valence-corrected chi connectivity index (χ0v) is 12.2. The molecule has 1 rings (SSSR count). The van der Waals surface area contributed by atoms with Crippen molar-refractivity contribution in [1.82, 2.24) is 5.32 Å². The smallest absolute Gasteiger partial charge is 0.175 e. The molecule has 0 aromatic heterocycles. The van der Waals surface area contributed by atoms with Gasteiger partial charge in [-0.05, 0) is 34.6 Å². The second kappa shape index (κ2) is 7.56. The van der Waals surface area contributed by atoms with Gasteiger partial charge in [-0.3, -0.25) is 0 Å². The molecule has 96 valence electrons. The minimum Gasteiger partial charge on any atom is -0.493 e. The summed E-state index contributed by atoms with van der Waals surface area (Å²) >= 11 is 3.47. The number of benzene rings is 1. The fourth-order valence-electron chi connectivity index (χ4n) is 1.47. The first-order valence-corrected chi connectivity index (χ1v) is 6.64. The summed E-state index contributed by atoms with van der Waals surface area (Å²) in [6.45, 7) is 6.88. The summed E-state index contributed by atoms with van der Waals surface area (Å²) in [5.74, 6) is 2.00. The maximum Gasteiger partial charge on any atom is 0.175 e. The molecule has 1 aromatic rings. The van der Waals surface area contributed by atoms with E-state index in [4.69, 9.17) is 9.47 Å². The van der Waals surface area contributed by atoms with Crippen molar-refractivity contribution >= 4 is 15.9 Å². The van der Waals surface area contributed by atoms with Gasteiger partial charge in [0.15, 0.2) is 11.5 Å². The summed E-state index contributed by atoms with van der Waals surface area (Å²) in [7, 11) is 1.65. The average Bonchev–Trinajstić information content (AvgIpc) is 2.34. The predicted molar refractivity (Wildman–Crippen MR) is 73.9 cm³/mol. The third-order valence-electron chi connectivity index (χ3n) is 2.41. The Bertz CT molecular complexity index is 344. The minimum absolute atomic E-state index is 0.465. The van der Waals surface area contributed by atoms with Gasteiger partial charge in [-0.25, -0.2) is 0 Å². The van der Waals surface area contributed by atoms with Gasteiger partial charge < -0.3 is 14.8 Å². The molecular formula is C13H20BrNO2. The highest BCUT2D eigenvalue weighted by molar-refractivity contribution is 9.10. The van der Waals surface area contributed by atoms with Gasteiger partial charge in [0.1, 0.15) is 0 Å². The van der Waals surface area contributed by atoms with E-state index >= 15 is 0 Å². The van der Waals surface area contributed by atoms with E-state index in [0.29, 0.717) is 12.5 Å². The third kappa shape index (κ3) is 4.56. The first-order valence-electron chi connectivity index (χ1n) is 5.85. The summed E-state index contributed by atoms with van der Waals surface area (Å²) in [5.41, 5.74) is 0. The quantitative estimate of drug-likeness (QED) is 0.839. The number of hydrogen-bond donors (Lipinski definition) is 1. The van der Waals surface area contributed by atoms with Gasteiger partial charge in [0.2, 0.25) is 0 Å². The molecule has 1 atom stereocenters. The van der Waals surface area contributed by atoms with Crippen LogP contribution in [-0.2, 0) is 0 Å². The van der Waals surface area contributed by atoms with E-state index in [1.807, 2.05) is 18.2 Å². The molecule has 0 aliphatic carbocycles. The minimum atomic E-state index is 0.465. The van der Waals surface area contributed by atoms with Gasteiger partial charge in [0.25, 0.3) is 0 Å². The Labute approximate surface area is 112 Å². The highest BCUT2D eigenvalue weighted by atomic mass is 79.9. The summed E-state index contributed by atoms with van der Waals surface area (Å²) in [6, 6.07) is 5.78. The second-order valence-electron chi connectivity index (χ2n) is 4.00. The van der Waals surface area contributed by atoms with E-state index in [-0.39, 0.29) is 0 Å². The highest BCUT2D eigenvalue weighted by Gasteiger charge is 2.10. The highest BCUT2D eigenvalue weighted by Crippen LogP contribution is 2.34. The van der Waals surface area contributed by atoms with E-state index in [2.05, 4.69) is 35.1 Å². The Hall–Kier alpha value is -0.740. The molecule has 4 heteroatoms. The van der Waals surface area contributed by atoms with Gasteiger partial charge >= 0.3 is 0 Å². The van der Waals surface area contributed by atoms with E-state index in [1.165, 1.54) is 0 Å². The molecule has 0 amide bonds. The van der Waals surface area contributed by atoms with Crippen LogP contribution >= 0.6 is 15.9 Å². The summed E-state index contributed by atoms with van der Waals surface area (Å²) < 4.78 is 12.0. The molecule has 1 aromatic carbocycles. The number of halogens is 1. The Morgan fingerprint density at radius 2 is 2.18 bits per heavy atom. The largest absolute Gasteiger partial charge is 0.493 e. The fraction of sp³-hybridized carbons (Fsp3) is 0.538. The average molecular weight is 302 g/mol. The van der Waals surface area contributed by atoms with Gasteiger partial charge in [0, 0.05) is 12.5 Å². The van der Waals surface area contributed by atoms with E-state index in [9.17, 15) is 0 Å². The maximum atomic E-state index is 5.81. The van der Waals surface area contributed by atoms with Crippen molar-refractivity contribution < 1.29 is 9.47 Å². The second-order valence-corrected chi connectivity index (χ2v) is 4.85. The molecule has 0 heterocycles. The molecule has 0 spiro atoms. The van der Waals surface area contributed by atoms with Crippen molar-refractivity contribution in [2.75, 3.05) is 26.8 Å². The Balaban J connectivity index is 2.56. The zero-order valence-electron chi connectivity index (χ0n) is 10.6. The Morgan fingerprint density at radius 3 is 2.82 bits per heavy atom. The number of para-hydroxylation sites is 1. The van der Waals surface area contributed by atoms with Crippen LogP contribution in [0.2, 0.25) is 0 Å². The summed E-state index contributed by atoms with van der Waals surface area (Å²) in [6.07, 6.45) is 0. The zero-order chi connectivity index (χ0) is 12.7. The molecule has 1 N–H and O–H groups in total. The third-order valence-corrected chi connectivity index (χ3v) is 3.03. The van der Waals surface area contributed by atoms with E-state index in [1.54, 1.807) is 7.11 Å². The van der Waals surface area contributed by atoms with Crippen molar-refractivity contribution in [3.05, 3.63) is 22.7 Å². The molecular weight excluding hydrogens is 282 g/mol. The monoisotopic (exact) mass is 301 g/mol. The summed E-state index contributed by atoms with van der Waals surface area (Å²) in [4.78, 5) is 0. The lowest BCUT2D eigenvalue weighted by atomic mass is 10.2. The lowest BCUT2D eigenvalue weighted by molar-refractivity contribution is 0.243. The normalized spacial score (nSPS) is 12.2. The fourth-order valence-corrected chi connectivity index (χ4v) is 1.93. The van der Waals surface area contributed by atoms with Gasteiger partial charge in [0.05, 0.1) is 18.2 Å². The van der Waals surface area contributed by atoms with Gasteiger partial charge in [-0.15, -0.1) is 0 Å².